The molecule has 1 aliphatic heterocycles. The van der Waals surface area contributed by atoms with E-state index in [2.05, 4.69) is 39.5 Å². The number of halogens is 1. The molecule has 1 aliphatic rings. The molecular weight excluding hydrogens is 220 g/mol. The van der Waals surface area contributed by atoms with Crippen LogP contribution in [0.3, 0.4) is 0 Å². The van der Waals surface area contributed by atoms with E-state index in [1.807, 2.05) is 0 Å². The summed E-state index contributed by atoms with van der Waals surface area (Å²) in [7, 11) is 0. The molecule has 0 aromatic heterocycles. The van der Waals surface area contributed by atoms with Gasteiger partial charge in [-0.3, -0.25) is 0 Å². The van der Waals surface area contributed by atoms with Crippen molar-refractivity contribution < 1.29 is 0 Å². The fraction of sp³-hybridized carbons (Fsp3) is 1.00. The first-order chi connectivity index (χ1) is 6.68. The molecule has 0 bridgehead atoms. The van der Waals surface area contributed by atoms with Crippen LogP contribution in [0, 0.1) is 11.3 Å². The molecule has 1 rings (SSSR count). The Morgan fingerprint density at radius 2 is 1.50 bits per heavy atom. The highest BCUT2D eigenvalue weighted by Gasteiger charge is 2.29. The normalized spacial score (nSPS) is 20.6. The number of rotatable bonds is 2. The summed E-state index contributed by atoms with van der Waals surface area (Å²) >= 11 is 0. The maximum Gasteiger partial charge on any atom is 0.0226 e. The smallest absolute Gasteiger partial charge is 0.0226 e. The summed E-state index contributed by atoms with van der Waals surface area (Å²) in [6.45, 7) is 14.8. The predicted octanol–water partition coefficient (Wildman–Crippen LogP) is 2.90. The Kier molecular flexibility index (Phi) is 5.78. The third kappa shape index (κ3) is 5.51. The summed E-state index contributed by atoms with van der Waals surface area (Å²) in [5.41, 5.74) is 6.47. The molecule has 0 aliphatic carbocycles. The van der Waals surface area contributed by atoms with Crippen molar-refractivity contribution in [1.29, 1.82) is 0 Å². The molecule has 1 fully saturated rings. The van der Waals surface area contributed by atoms with Gasteiger partial charge in [-0.05, 0) is 51.1 Å². The lowest BCUT2D eigenvalue weighted by Gasteiger charge is -2.40. The van der Waals surface area contributed by atoms with Crippen LogP contribution in [0.25, 0.3) is 0 Å². The van der Waals surface area contributed by atoms with Gasteiger partial charge in [0.25, 0.3) is 0 Å². The van der Waals surface area contributed by atoms with Gasteiger partial charge in [0, 0.05) is 12.1 Å². The Bertz CT molecular complexity index is 195. The van der Waals surface area contributed by atoms with Crippen molar-refractivity contribution in [2.45, 2.75) is 53.0 Å². The Morgan fingerprint density at radius 1 is 1.06 bits per heavy atom. The molecule has 0 atom stereocenters. The van der Waals surface area contributed by atoms with E-state index in [1.54, 1.807) is 0 Å². The lowest BCUT2D eigenvalue weighted by Crippen LogP contribution is -2.48. The van der Waals surface area contributed by atoms with Crippen LogP contribution in [-0.4, -0.2) is 30.1 Å². The molecular formula is C13H29ClN2. The van der Waals surface area contributed by atoms with Crippen molar-refractivity contribution in [3.8, 4) is 0 Å². The van der Waals surface area contributed by atoms with Gasteiger partial charge >= 0.3 is 0 Å². The second-order valence-corrected chi connectivity index (χ2v) is 6.91. The number of hydrogen-bond acceptors (Lipinski definition) is 2. The van der Waals surface area contributed by atoms with E-state index in [4.69, 9.17) is 5.73 Å². The highest BCUT2D eigenvalue weighted by atomic mass is 35.5. The van der Waals surface area contributed by atoms with Crippen LogP contribution >= 0.6 is 12.4 Å². The molecule has 0 aromatic carbocycles. The molecule has 0 spiro atoms. The molecule has 2 N–H and O–H groups in total. The number of hydrogen-bond donors (Lipinski definition) is 1. The molecule has 1 saturated heterocycles. The minimum Gasteiger partial charge on any atom is -0.324 e. The van der Waals surface area contributed by atoms with E-state index in [0.717, 1.165) is 12.5 Å². The lowest BCUT2D eigenvalue weighted by molar-refractivity contribution is 0.1000. The topological polar surface area (TPSA) is 29.3 Å². The summed E-state index contributed by atoms with van der Waals surface area (Å²) in [5.74, 6) is 0.884. The van der Waals surface area contributed by atoms with Gasteiger partial charge < -0.3 is 10.6 Å². The average molecular weight is 249 g/mol. The summed E-state index contributed by atoms with van der Waals surface area (Å²) < 4.78 is 0. The quantitative estimate of drug-likeness (QED) is 0.814. The van der Waals surface area contributed by atoms with E-state index in [-0.39, 0.29) is 17.9 Å². The van der Waals surface area contributed by atoms with Gasteiger partial charge in [0.2, 0.25) is 0 Å². The van der Waals surface area contributed by atoms with Crippen molar-refractivity contribution >= 4 is 12.4 Å². The summed E-state index contributed by atoms with van der Waals surface area (Å²) in [6, 6.07) is 0. The zero-order valence-corrected chi connectivity index (χ0v) is 12.4. The third-order valence-electron chi connectivity index (χ3n) is 3.44. The van der Waals surface area contributed by atoms with E-state index >= 15 is 0 Å². The monoisotopic (exact) mass is 248 g/mol. The van der Waals surface area contributed by atoms with E-state index < -0.39 is 0 Å². The van der Waals surface area contributed by atoms with Crippen LogP contribution < -0.4 is 5.73 Å². The molecule has 0 aromatic rings. The minimum absolute atomic E-state index is 0. The summed E-state index contributed by atoms with van der Waals surface area (Å²) in [5, 5.41) is 0. The van der Waals surface area contributed by atoms with Crippen LogP contribution in [0.5, 0.6) is 0 Å². The standard InChI is InChI=1S/C13H28N2.ClH/c1-12(2,3)11-6-8-15(9-7-11)10-13(4,5)14;/h11H,6-10,14H2,1-5H3;1H. The maximum absolute atomic E-state index is 6.05. The summed E-state index contributed by atoms with van der Waals surface area (Å²) in [4.78, 5) is 2.52. The lowest BCUT2D eigenvalue weighted by atomic mass is 9.75. The molecule has 2 nitrogen and oxygen atoms in total. The largest absolute Gasteiger partial charge is 0.324 e. The SMILES string of the molecule is CC(C)(N)CN1CCC(C(C)(C)C)CC1.Cl. The highest BCUT2D eigenvalue weighted by Crippen LogP contribution is 2.34. The van der Waals surface area contributed by atoms with Crippen LogP contribution in [0.2, 0.25) is 0 Å². The first kappa shape index (κ1) is 16.2. The van der Waals surface area contributed by atoms with Crippen molar-refractivity contribution in [2.75, 3.05) is 19.6 Å². The summed E-state index contributed by atoms with van der Waals surface area (Å²) in [6.07, 6.45) is 2.67. The molecule has 16 heavy (non-hydrogen) atoms. The molecule has 3 heteroatoms. The minimum atomic E-state index is -0.0471. The van der Waals surface area contributed by atoms with Gasteiger partial charge in [0.05, 0.1) is 0 Å². The first-order valence-electron chi connectivity index (χ1n) is 6.20. The number of nitrogens with zero attached hydrogens (tertiary/aromatic N) is 1. The van der Waals surface area contributed by atoms with Gasteiger partial charge in [-0.2, -0.15) is 0 Å². The fourth-order valence-electron chi connectivity index (χ4n) is 2.53. The zero-order valence-electron chi connectivity index (χ0n) is 11.5. The van der Waals surface area contributed by atoms with E-state index in [0.29, 0.717) is 5.41 Å². The van der Waals surface area contributed by atoms with Crippen molar-refractivity contribution in [1.82, 2.24) is 4.90 Å². The van der Waals surface area contributed by atoms with Gasteiger partial charge in [-0.15, -0.1) is 12.4 Å². The van der Waals surface area contributed by atoms with Gasteiger partial charge in [-0.25, -0.2) is 0 Å². The average Bonchev–Trinajstić information content (AvgIpc) is 2.00. The fourth-order valence-corrected chi connectivity index (χ4v) is 2.53. The van der Waals surface area contributed by atoms with Crippen LogP contribution in [-0.2, 0) is 0 Å². The maximum atomic E-state index is 6.05. The van der Waals surface area contributed by atoms with Crippen molar-refractivity contribution in [3.63, 3.8) is 0 Å². The van der Waals surface area contributed by atoms with Gasteiger partial charge in [0.15, 0.2) is 0 Å². The molecule has 0 saturated carbocycles. The first-order valence-corrected chi connectivity index (χ1v) is 6.20. The second-order valence-electron chi connectivity index (χ2n) is 6.91. The highest BCUT2D eigenvalue weighted by molar-refractivity contribution is 5.85. The Hall–Kier alpha value is 0.210. The van der Waals surface area contributed by atoms with Crippen molar-refractivity contribution in [3.05, 3.63) is 0 Å². The number of nitrogens with two attached hydrogens (primary N) is 1. The van der Waals surface area contributed by atoms with Gasteiger partial charge in [0.1, 0.15) is 0 Å². The molecule has 98 valence electrons. The van der Waals surface area contributed by atoms with E-state index in [1.165, 1.54) is 25.9 Å². The van der Waals surface area contributed by atoms with Crippen molar-refractivity contribution in [2.24, 2.45) is 17.1 Å². The van der Waals surface area contributed by atoms with Crippen LogP contribution in [0.1, 0.15) is 47.5 Å². The van der Waals surface area contributed by atoms with Crippen LogP contribution in [0.4, 0.5) is 0 Å². The predicted molar refractivity (Wildman–Crippen MR) is 74.1 cm³/mol. The Balaban J connectivity index is 0.00000225. The second kappa shape index (κ2) is 5.70. The Morgan fingerprint density at radius 3 is 1.81 bits per heavy atom. The molecule has 0 radical (unpaired) electrons. The molecule has 1 heterocycles. The third-order valence-corrected chi connectivity index (χ3v) is 3.44. The van der Waals surface area contributed by atoms with E-state index in [9.17, 15) is 0 Å². The van der Waals surface area contributed by atoms with Crippen LogP contribution in [0.15, 0.2) is 0 Å². The number of piperidine rings is 1. The number of likely N-dealkylation sites (tertiary alicyclic amines) is 1. The Labute approximate surface area is 107 Å². The van der Waals surface area contributed by atoms with Gasteiger partial charge in [-0.1, -0.05) is 20.8 Å². The molecule has 0 unspecified atom stereocenters. The molecule has 0 amide bonds. The zero-order chi connectivity index (χ0) is 11.7.